The number of aromatic nitrogens is 2. The van der Waals surface area contributed by atoms with Crippen molar-refractivity contribution < 1.29 is 4.74 Å². The number of methoxy groups -OCH3 is 1. The van der Waals surface area contributed by atoms with Crippen molar-refractivity contribution in [3.63, 3.8) is 0 Å². The summed E-state index contributed by atoms with van der Waals surface area (Å²) in [7, 11) is 5.79. The molecule has 0 aliphatic rings. The topological polar surface area (TPSA) is 62.3 Å². The molecule has 1 aromatic carbocycles. The number of aryl methyl sites for hydroxylation is 1. The Morgan fingerprint density at radius 1 is 1.17 bits per heavy atom. The summed E-state index contributed by atoms with van der Waals surface area (Å²) in [5.74, 6) is 2.17. The van der Waals surface area contributed by atoms with E-state index in [-0.39, 0.29) is 0 Å². The predicted octanol–water partition coefficient (Wildman–Crippen LogP) is 2.90. The molecule has 0 aliphatic heterocycles. The highest BCUT2D eigenvalue weighted by atomic mass is 16.5. The summed E-state index contributed by atoms with van der Waals surface area (Å²) >= 11 is 0. The Morgan fingerprint density at radius 2 is 1.96 bits per heavy atom. The molecule has 6 nitrogen and oxygen atoms in total. The van der Waals surface area contributed by atoms with Crippen LogP contribution in [0.15, 0.2) is 30.3 Å². The molecular formula is C17H25N5O. The van der Waals surface area contributed by atoms with Crippen LogP contribution in [-0.2, 0) is 0 Å². The first kappa shape index (κ1) is 17.0. The third-order valence-electron chi connectivity index (χ3n) is 3.29. The molecule has 0 atom stereocenters. The van der Waals surface area contributed by atoms with Crippen LogP contribution in [0.2, 0.25) is 0 Å². The Kier molecular flexibility index (Phi) is 6.17. The molecular weight excluding hydrogens is 290 g/mol. The first-order valence-corrected chi connectivity index (χ1v) is 7.73. The first-order valence-electron chi connectivity index (χ1n) is 7.73. The number of hydrogen-bond donors (Lipinski definition) is 2. The van der Waals surface area contributed by atoms with E-state index in [1.165, 1.54) is 0 Å². The molecule has 0 fully saturated rings. The van der Waals surface area contributed by atoms with Gasteiger partial charge < -0.3 is 20.3 Å². The minimum absolute atomic E-state index is 0.640. The third-order valence-corrected chi connectivity index (χ3v) is 3.29. The quantitative estimate of drug-likeness (QED) is 0.730. The van der Waals surface area contributed by atoms with Gasteiger partial charge in [0.1, 0.15) is 11.6 Å². The molecule has 0 saturated carbocycles. The van der Waals surface area contributed by atoms with E-state index in [1.807, 2.05) is 37.3 Å². The van der Waals surface area contributed by atoms with Crippen molar-refractivity contribution in [1.82, 2.24) is 14.9 Å². The second-order valence-electron chi connectivity index (χ2n) is 5.63. The number of nitrogens with one attached hydrogen (secondary N) is 2. The van der Waals surface area contributed by atoms with Crippen molar-refractivity contribution in [3.05, 3.63) is 36.0 Å². The molecule has 0 spiro atoms. The number of para-hydroxylation sites is 2. The van der Waals surface area contributed by atoms with E-state index in [1.54, 1.807) is 7.11 Å². The van der Waals surface area contributed by atoms with Gasteiger partial charge in [0, 0.05) is 18.3 Å². The van der Waals surface area contributed by atoms with Crippen LogP contribution in [0, 0.1) is 6.92 Å². The second kappa shape index (κ2) is 8.33. The molecule has 0 amide bonds. The van der Waals surface area contributed by atoms with Crippen LogP contribution in [0.5, 0.6) is 5.75 Å². The van der Waals surface area contributed by atoms with Crippen LogP contribution in [0.4, 0.5) is 17.5 Å². The normalized spacial score (nSPS) is 10.7. The number of benzene rings is 1. The number of rotatable bonds is 8. The van der Waals surface area contributed by atoms with Crippen LogP contribution in [-0.4, -0.2) is 49.2 Å². The fourth-order valence-corrected chi connectivity index (χ4v) is 2.19. The lowest BCUT2D eigenvalue weighted by Gasteiger charge is -2.13. The van der Waals surface area contributed by atoms with Gasteiger partial charge in [0.2, 0.25) is 5.95 Å². The molecule has 0 saturated heterocycles. The summed E-state index contributed by atoms with van der Waals surface area (Å²) in [6.45, 7) is 3.83. The molecule has 0 aliphatic carbocycles. The zero-order chi connectivity index (χ0) is 16.7. The minimum Gasteiger partial charge on any atom is -0.495 e. The van der Waals surface area contributed by atoms with Gasteiger partial charge in [0.15, 0.2) is 0 Å². The molecule has 23 heavy (non-hydrogen) atoms. The summed E-state index contributed by atoms with van der Waals surface area (Å²) < 4.78 is 5.35. The van der Waals surface area contributed by atoms with Gasteiger partial charge >= 0.3 is 0 Å². The van der Waals surface area contributed by atoms with Gasteiger partial charge in [0.05, 0.1) is 12.8 Å². The Bertz CT molecular complexity index is 630. The molecule has 2 N–H and O–H groups in total. The van der Waals surface area contributed by atoms with Gasteiger partial charge in [-0.2, -0.15) is 4.98 Å². The molecule has 1 aromatic heterocycles. The molecule has 2 aromatic rings. The van der Waals surface area contributed by atoms with Gasteiger partial charge in [-0.15, -0.1) is 0 Å². The zero-order valence-corrected chi connectivity index (χ0v) is 14.3. The lowest BCUT2D eigenvalue weighted by molar-refractivity contribution is 0.405. The standard InChI is InChI=1S/C17H25N5O/c1-13-12-16(20-14-8-5-6-9-15(14)23-4)21-17(19-13)18-10-7-11-22(2)3/h5-6,8-9,12H,7,10-11H2,1-4H3,(H2,18,19,20,21). The molecule has 2 rings (SSSR count). The summed E-state index contributed by atoms with van der Waals surface area (Å²) in [6.07, 6.45) is 1.04. The molecule has 0 bridgehead atoms. The fraction of sp³-hybridized carbons (Fsp3) is 0.412. The van der Waals surface area contributed by atoms with Gasteiger partial charge in [0.25, 0.3) is 0 Å². The van der Waals surface area contributed by atoms with Crippen LogP contribution in [0.3, 0.4) is 0 Å². The van der Waals surface area contributed by atoms with Crippen molar-refractivity contribution in [2.24, 2.45) is 0 Å². The Balaban J connectivity index is 2.05. The summed E-state index contributed by atoms with van der Waals surface area (Å²) in [5.41, 5.74) is 1.79. The van der Waals surface area contributed by atoms with E-state index < -0.39 is 0 Å². The van der Waals surface area contributed by atoms with Crippen LogP contribution < -0.4 is 15.4 Å². The van der Waals surface area contributed by atoms with E-state index in [0.717, 1.165) is 42.5 Å². The third kappa shape index (κ3) is 5.41. The molecule has 6 heteroatoms. The average Bonchev–Trinajstić information content (AvgIpc) is 2.51. The highest BCUT2D eigenvalue weighted by Gasteiger charge is 2.06. The van der Waals surface area contributed by atoms with E-state index in [4.69, 9.17) is 4.74 Å². The maximum atomic E-state index is 5.35. The van der Waals surface area contributed by atoms with Crippen LogP contribution >= 0.6 is 0 Å². The van der Waals surface area contributed by atoms with Crippen molar-refractivity contribution in [2.45, 2.75) is 13.3 Å². The zero-order valence-electron chi connectivity index (χ0n) is 14.3. The van der Waals surface area contributed by atoms with E-state index >= 15 is 0 Å². The van der Waals surface area contributed by atoms with Crippen molar-refractivity contribution in [1.29, 1.82) is 0 Å². The monoisotopic (exact) mass is 315 g/mol. The molecule has 124 valence electrons. The average molecular weight is 315 g/mol. The second-order valence-corrected chi connectivity index (χ2v) is 5.63. The Labute approximate surface area is 137 Å². The summed E-state index contributed by atoms with van der Waals surface area (Å²) in [5, 5.41) is 6.56. The van der Waals surface area contributed by atoms with Crippen molar-refractivity contribution >= 4 is 17.5 Å². The summed E-state index contributed by atoms with van der Waals surface area (Å²) in [6, 6.07) is 9.68. The van der Waals surface area contributed by atoms with E-state index in [0.29, 0.717) is 5.95 Å². The largest absolute Gasteiger partial charge is 0.495 e. The van der Waals surface area contributed by atoms with E-state index in [9.17, 15) is 0 Å². The number of anilines is 3. The SMILES string of the molecule is COc1ccccc1Nc1cc(C)nc(NCCCN(C)C)n1. The molecule has 0 unspecified atom stereocenters. The van der Waals surface area contributed by atoms with Crippen molar-refractivity contribution in [3.8, 4) is 5.75 Å². The minimum atomic E-state index is 0.640. The maximum Gasteiger partial charge on any atom is 0.224 e. The van der Waals surface area contributed by atoms with Crippen LogP contribution in [0.1, 0.15) is 12.1 Å². The van der Waals surface area contributed by atoms with Crippen molar-refractivity contribution in [2.75, 3.05) is 44.9 Å². The highest BCUT2D eigenvalue weighted by Crippen LogP contribution is 2.26. The Morgan fingerprint density at radius 3 is 2.70 bits per heavy atom. The lowest BCUT2D eigenvalue weighted by Crippen LogP contribution is -2.17. The maximum absolute atomic E-state index is 5.35. The molecule has 0 radical (unpaired) electrons. The number of nitrogens with zero attached hydrogens (tertiary/aromatic N) is 3. The smallest absolute Gasteiger partial charge is 0.224 e. The first-order chi connectivity index (χ1) is 11.1. The lowest BCUT2D eigenvalue weighted by atomic mass is 10.3. The van der Waals surface area contributed by atoms with Gasteiger partial charge in [-0.1, -0.05) is 12.1 Å². The Hall–Kier alpha value is -2.34. The van der Waals surface area contributed by atoms with Crippen LogP contribution in [0.25, 0.3) is 0 Å². The van der Waals surface area contributed by atoms with E-state index in [2.05, 4.69) is 39.6 Å². The highest BCUT2D eigenvalue weighted by molar-refractivity contribution is 5.64. The van der Waals surface area contributed by atoms with Gasteiger partial charge in [-0.25, -0.2) is 4.98 Å². The van der Waals surface area contributed by atoms with Gasteiger partial charge in [-0.3, -0.25) is 0 Å². The van der Waals surface area contributed by atoms with Gasteiger partial charge in [-0.05, 0) is 46.1 Å². The fourth-order valence-electron chi connectivity index (χ4n) is 2.19. The number of ether oxygens (including phenoxy) is 1. The predicted molar refractivity (Wildman–Crippen MR) is 94.7 cm³/mol. The molecule has 1 heterocycles. The number of hydrogen-bond acceptors (Lipinski definition) is 6. The summed E-state index contributed by atoms with van der Waals surface area (Å²) in [4.78, 5) is 11.1.